The van der Waals surface area contributed by atoms with Crippen molar-refractivity contribution in [2.75, 3.05) is 0 Å². The van der Waals surface area contributed by atoms with Crippen molar-refractivity contribution in [2.24, 2.45) is 0 Å². The number of benzene rings is 1. The van der Waals surface area contributed by atoms with Gasteiger partial charge >= 0.3 is 5.95 Å². The average Bonchev–Trinajstić information content (AvgIpc) is 2.78. The minimum Gasteiger partial charge on any atom is -0.390 e. The van der Waals surface area contributed by atoms with Crippen LogP contribution in [0.5, 0.6) is 0 Å². The maximum Gasteiger partial charge on any atom is 0.490 e. The fraction of sp³-hybridized carbons (Fsp3) is 0.100. The van der Waals surface area contributed by atoms with Gasteiger partial charge in [-0.3, -0.25) is 0 Å². The number of nitrogens with zero attached hydrogens (tertiary/aromatic N) is 5. The molecule has 2 rings (SSSR count). The molecule has 7 nitrogen and oxygen atoms in total. The van der Waals surface area contributed by atoms with E-state index in [2.05, 4.69) is 10.1 Å². The molecule has 0 N–H and O–H groups in total. The van der Waals surface area contributed by atoms with Gasteiger partial charge in [-0.15, -0.1) is 0 Å². The predicted molar refractivity (Wildman–Crippen MR) is 56.9 cm³/mol. The molecule has 1 aromatic carbocycles. The lowest BCUT2D eigenvalue weighted by Crippen LogP contribution is -2.03. The van der Waals surface area contributed by atoms with Crippen LogP contribution in [0.2, 0.25) is 0 Å². The summed E-state index contributed by atoms with van der Waals surface area (Å²) >= 11 is 0. The Bertz CT molecular complexity index is 646. The highest BCUT2D eigenvalue weighted by atomic mass is 19.1. The van der Waals surface area contributed by atoms with Crippen molar-refractivity contribution in [3.05, 3.63) is 51.6 Å². The summed E-state index contributed by atoms with van der Waals surface area (Å²) < 4.78 is 14.2. The average molecular weight is 247 g/mol. The minimum absolute atomic E-state index is 0.0431. The second kappa shape index (κ2) is 4.58. The molecule has 18 heavy (non-hydrogen) atoms. The van der Waals surface area contributed by atoms with Crippen molar-refractivity contribution in [2.45, 2.75) is 6.54 Å². The van der Waals surface area contributed by atoms with Crippen molar-refractivity contribution < 1.29 is 9.31 Å². The summed E-state index contributed by atoms with van der Waals surface area (Å²) in [6, 6.07) is 5.61. The first kappa shape index (κ1) is 11.7. The first-order chi connectivity index (χ1) is 8.60. The van der Waals surface area contributed by atoms with Gasteiger partial charge in [0.05, 0.1) is 18.2 Å². The molecular weight excluding hydrogens is 241 g/mol. The van der Waals surface area contributed by atoms with Gasteiger partial charge in [0.25, 0.3) is 0 Å². The third-order valence-corrected chi connectivity index (χ3v) is 2.21. The summed E-state index contributed by atoms with van der Waals surface area (Å²) in [6.45, 7) is 0.0431. The molecule has 1 aromatic heterocycles. The first-order valence-electron chi connectivity index (χ1n) is 4.82. The molecule has 0 aliphatic carbocycles. The van der Waals surface area contributed by atoms with Crippen LogP contribution < -0.4 is 0 Å². The van der Waals surface area contributed by atoms with Crippen molar-refractivity contribution >= 4 is 5.95 Å². The highest BCUT2D eigenvalue weighted by Crippen LogP contribution is 2.12. The summed E-state index contributed by atoms with van der Waals surface area (Å²) in [5.74, 6) is -1.02. The summed E-state index contributed by atoms with van der Waals surface area (Å²) in [5, 5.41) is 22.8. The molecule has 1 heterocycles. The van der Waals surface area contributed by atoms with Crippen molar-refractivity contribution in [1.82, 2.24) is 14.8 Å². The third kappa shape index (κ3) is 2.30. The smallest absolute Gasteiger partial charge is 0.390 e. The van der Waals surface area contributed by atoms with Crippen molar-refractivity contribution in [3.63, 3.8) is 0 Å². The number of nitriles is 1. The molecule has 0 saturated heterocycles. The van der Waals surface area contributed by atoms with Gasteiger partial charge < -0.3 is 10.1 Å². The molecule has 0 spiro atoms. The van der Waals surface area contributed by atoms with Crippen molar-refractivity contribution in [3.8, 4) is 6.07 Å². The number of rotatable bonds is 3. The molecule has 0 radical (unpaired) electrons. The number of halogens is 1. The van der Waals surface area contributed by atoms with Crippen LogP contribution in [-0.2, 0) is 6.54 Å². The Morgan fingerprint density at radius 3 is 2.94 bits per heavy atom. The third-order valence-electron chi connectivity index (χ3n) is 2.21. The quantitative estimate of drug-likeness (QED) is 0.600. The molecule has 0 saturated carbocycles. The van der Waals surface area contributed by atoms with Gasteiger partial charge in [-0.2, -0.15) is 9.94 Å². The lowest BCUT2D eigenvalue weighted by atomic mass is 10.1. The van der Waals surface area contributed by atoms with Crippen LogP contribution in [0.1, 0.15) is 11.1 Å². The van der Waals surface area contributed by atoms with E-state index in [0.717, 1.165) is 6.33 Å². The standard InChI is InChI=1S/C10H6FN5O2/c11-9-2-1-7(4-12)8(3-9)5-15-6-13-10(14-15)16(17)18/h1-3,6H,5H2. The zero-order chi connectivity index (χ0) is 13.1. The number of hydrogen-bond acceptors (Lipinski definition) is 5. The van der Waals surface area contributed by atoms with Crippen LogP contribution in [0.25, 0.3) is 0 Å². The van der Waals surface area contributed by atoms with Gasteiger partial charge in [0.2, 0.25) is 6.33 Å². The zero-order valence-corrected chi connectivity index (χ0v) is 8.95. The van der Waals surface area contributed by atoms with Gasteiger partial charge in [-0.05, 0) is 28.7 Å². The molecule has 0 aliphatic rings. The fourth-order valence-electron chi connectivity index (χ4n) is 1.42. The van der Waals surface area contributed by atoms with E-state index in [1.54, 1.807) is 0 Å². The van der Waals surface area contributed by atoms with Crippen LogP contribution >= 0.6 is 0 Å². The SMILES string of the molecule is N#Cc1ccc(F)cc1Cn1cnc([N+](=O)[O-])n1. The van der Waals surface area contributed by atoms with Crippen LogP contribution in [0, 0.1) is 27.3 Å². The first-order valence-corrected chi connectivity index (χ1v) is 4.82. The lowest BCUT2D eigenvalue weighted by molar-refractivity contribution is -0.394. The fourth-order valence-corrected chi connectivity index (χ4v) is 1.42. The van der Waals surface area contributed by atoms with Gasteiger partial charge in [-0.1, -0.05) is 4.98 Å². The zero-order valence-electron chi connectivity index (χ0n) is 8.95. The Labute approximate surface area is 100 Å². The molecule has 8 heteroatoms. The Morgan fingerprint density at radius 1 is 1.56 bits per heavy atom. The second-order valence-electron chi connectivity index (χ2n) is 3.41. The van der Waals surface area contributed by atoms with E-state index >= 15 is 0 Å². The van der Waals surface area contributed by atoms with E-state index in [9.17, 15) is 14.5 Å². The van der Waals surface area contributed by atoms with E-state index in [1.807, 2.05) is 6.07 Å². The lowest BCUT2D eigenvalue weighted by Gasteiger charge is -2.01. The Balaban J connectivity index is 2.30. The second-order valence-corrected chi connectivity index (χ2v) is 3.41. The Hall–Kier alpha value is -2.82. The van der Waals surface area contributed by atoms with Crippen LogP contribution in [-0.4, -0.2) is 19.7 Å². The Morgan fingerprint density at radius 2 is 2.33 bits per heavy atom. The normalized spacial score (nSPS) is 10.0. The van der Waals surface area contributed by atoms with Crippen LogP contribution in [0.15, 0.2) is 24.5 Å². The summed E-state index contributed by atoms with van der Waals surface area (Å²) in [7, 11) is 0. The Kier molecular flexibility index (Phi) is 2.97. The number of nitro groups is 1. The largest absolute Gasteiger partial charge is 0.490 e. The van der Waals surface area contributed by atoms with Crippen LogP contribution in [0.3, 0.4) is 0 Å². The van der Waals surface area contributed by atoms with Crippen LogP contribution in [0.4, 0.5) is 10.3 Å². The maximum atomic E-state index is 13.1. The van der Waals surface area contributed by atoms with E-state index < -0.39 is 16.7 Å². The van der Waals surface area contributed by atoms with E-state index in [4.69, 9.17) is 5.26 Å². The molecule has 2 aromatic rings. The molecule has 0 unspecified atom stereocenters. The van der Waals surface area contributed by atoms with Gasteiger partial charge in [0.15, 0.2) is 0 Å². The highest BCUT2D eigenvalue weighted by molar-refractivity contribution is 5.37. The minimum atomic E-state index is -0.729. The topological polar surface area (TPSA) is 97.6 Å². The maximum absolute atomic E-state index is 13.1. The molecule has 0 amide bonds. The number of aromatic nitrogens is 3. The predicted octanol–water partition coefficient (Wildman–Crippen LogP) is 1.25. The van der Waals surface area contributed by atoms with Gasteiger partial charge in [-0.25, -0.2) is 4.39 Å². The summed E-state index contributed by atoms with van der Waals surface area (Å²) in [6.07, 6.45) is 1.16. The molecule has 0 fully saturated rings. The molecular formula is C10H6FN5O2. The summed E-state index contributed by atoms with van der Waals surface area (Å²) in [4.78, 5) is 13.1. The van der Waals surface area contributed by atoms with Gasteiger partial charge in [0, 0.05) is 5.10 Å². The highest BCUT2D eigenvalue weighted by Gasteiger charge is 2.14. The van der Waals surface area contributed by atoms with Crippen molar-refractivity contribution in [1.29, 1.82) is 5.26 Å². The van der Waals surface area contributed by atoms with E-state index in [0.29, 0.717) is 5.56 Å². The molecule has 90 valence electrons. The molecule has 0 bridgehead atoms. The van der Waals surface area contributed by atoms with E-state index in [1.165, 1.54) is 22.9 Å². The molecule has 0 aliphatic heterocycles. The van der Waals surface area contributed by atoms with E-state index in [-0.39, 0.29) is 12.1 Å². The van der Waals surface area contributed by atoms with Gasteiger partial charge in [0.1, 0.15) is 5.82 Å². The number of hydrogen-bond donors (Lipinski definition) is 0. The molecule has 0 atom stereocenters. The summed E-state index contributed by atoms with van der Waals surface area (Å²) in [5.41, 5.74) is 0.673. The monoisotopic (exact) mass is 247 g/mol.